The van der Waals surface area contributed by atoms with Crippen LogP contribution >= 0.6 is 23.3 Å². The quantitative estimate of drug-likeness (QED) is 0.753. The van der Waals surface area contributed by atoms with E-state index in [1.807, 2.05) is 6.07 Å². The molecule has 2 aromatic rings. The molecular formula is C12H14N2OS2. The zero-order valence-corrected chi connectivity index (χ0v) is 11.3. The van der Waals surface area contributed by atoms with Crippen LogP contribution in [0.5, 0.6) is 0 Å². The van der Waals surface area contributed by atoms with E-state index >= 15 is 0 Å². The van der Waals surface area contributed by atoms with E-state index in [0.717, 1.165) is 22.3 Å². The van der Waals surface area contributed by atoms with Gasteiger partial charge < -0.3 is 4.74 Å². The lowest BCUT2D eigenvalue weighted by Gasteiger charge is -1.97. The van der Waals surface area contributed by atoms with Crippen molar-refractivity contribution in [3.63, 3.8) is 0 Å². The molecule has 5 heteroatoms. The number of hydrogen-bond acceptors (Lipinski definition) is 5. The largest absolute Gasteiger partial charge is 0.384 e. The van der Waals surface area contributed by atoms with Crippen LogP contribution in [0.15, 0.2) is 34.7 Å². The molecule has 17 heavy (non-hydrogen) atoms. The molecule has 0 radical (unpaired) electrons. The molecule has 1 aromatic heterocycles. The Kier molecular flexibility index (Phi) is 4.97. The van der Waals surface area contributed by atoms with Gasteiger partial charge in [-0.25, -0.2) is 4.98 Å². The van der Waals surface area contributed by atoms with Crippen LogP contribution in [0.2, 0.25) is 0 Å². The van der Waals surface area contributed by atoms with Crippen LogP contribution in [0.1, 0.15) is 11.4 Å². The van der Waals surface area contributed by atoms with Gasteiger partial charge in [0.15, 0.2) is 4.34 Å². The number of ether oxygens (including phenoxy) is 1. The predicted molar refractivity (Wildman–Crippen MR) is 71.5 cm³/mol. The molecule has 1 heterocycles. The molecule has 1 aromatic carbocycles. The van der Waals surface area contributed by atoms with E-state index in [9.17, 15) is 0 Å². The van der Waals surface area contributed by atoms with Crippen molar-refractivity contribution in [1.29, 1.82) is 0 Å². The second kappa shape index (κ2) is 6.74. The molecule has 3 nitrogen and oxygen atoms in total. The maximum atomic E-state index is 5.00. The van der Waals surface area contributed by atoms with E-state index in [2.05, 4.69) is 33.6 Å². The number of methoxy groups -OCH3 is 1. The smallest absolute Gasteiger partial charge is 0.170 e. The second-order valence-electron chi connectivity index (χ2n) is 3.49. The summed E-state index contributed by atoms with van der Waals surface area (Å²) in [6.45, 7) is 0.680. The van der Waals surface area contributed by atoms with Crippen LogP contribution in [0.25, 0.3) is 0 Å². The first-order valence-electron chi connectivity index (χ1n) is 5.37. The maximum Gasteiger partial charge on any atom is 0.170 e. The highest BCUT2D eigenvalue weighted by atomic mass is 32.2. The summed E-state index contributed by atoms with van der Waals surface area (Å²) in [4.78, 5) is 4.45. The van der Waals surface area contributed by atoms with Gasteiger partial charge in [0.25, 0.3) is 0 Å². The van der Waals surface area contributed by atoms with E-state index in [1.165, 1.54) is 17.1 Å². The van der Waals surface area contributed by atoms with E-state index < -0.39 is 0 Å². The van der Waals surface area contributed by atoms with Crippen molar-refractivity contribution in [2.24, 2.45) is 0 Å². The van der Waals surface area contributed by atoms with Gasteiger partial charge in [0.05, 0.1) is 6.61 Å². The van der Waals surface area contributed by atoms with Gasteiger partial charge >= 0.3 is 0 Å². The van der Waals surface area contributed by atoms with Gasteiger partial charge in [-0.1, -0.05) is 42.1 Å². The molecule has 0 atom stereocenters. The van der Waals surface area contributed by atoms with Crippen molar-refractivity contribution in [3.05, 3.63) is 41.7 Å². The van der Waals surface area contributed by atoms with Crippen LogP contribution < -0.4 is 0 Å². The zero-order valence-electron chi connectivity index (χ0n) is 9.63. The fourth-order valence-corrected chi connectivity index (χ4v) is 2.92. The van der Waals surface area contributed by atoms with Gasteiger partial charge in [-0.05, 0) is 17.1 Å². The standard InChI is InChI=1S/C12H14N2OS2/c1-15-8-7-11-13-12(17-14-11)16-9-10-5-3-2-4-6-10/h2-6H,7-9H2,1H3. The van der Waals surface area contributed by atoms with Crippen molar-refractivity contribution < 1.29 is 4.74 Å². The highest BCUT2D eigenvalue weighted by Crippen LogP contribution is 2.24. The third-order valence-electron chi connectivity index (χ3n) is 2.18. The van der Waals surface area contributed by atoms with Crippen LogP contribution in [0.3, 0.4) is 0 Å². The molecule has 0 aliphatic rings. The number of thioether (sulfide) groups is 1. The monoisotopic (exact) mass is 266 g/mol. The van der Waals surface area contributed by atoms with Gasteiger partial charge in [-0.3, -0.25) is 0 Å². The summed E-state index contributed by atoms with van der Waals surface area (Å²) in [5.74, 6) is 1.83. The Balaban J connectivity index is 1.85. The van der Waals surface area contributed by atoms with Crippen molar-refractivity contribution in [3.8, 4) is 0 Å². The molecule has 0 bridgehead atoms. The molecule has 0 spiro atoms. The minimum absolute atomic E-state index is 0.680. The van der Waals surface area contributed by atoms with Crippen molar-refractivity contribution in [1.82, 2.24) is 9.36 Å². The lowest BCUT2D eigenvalue weighted by Crippen LogP contribution is -1.95. The molecule has 90 valence electrons. The Morgan fingerprint density at radius 2 is 2.12 bits per heavy atom. The summed E-state index contributed by atoms with van der Waals surface area (Å²) >= 11 is 3.20. The lowest BCUT2D eigenvalue weighted by molar-refractivity contribution is 0.200. The Bertz CT molecular complexity index is 445. The molecule has 0 unspecified atom stereocenters. The third-order valence-corrected chi connectivity index (χ3v) is 4.13. The van der Waals surface area contributed by atoms with E-state index in [1.54, 1.807) is 18.9 Å². The summed E-state index contributed by atoms with van der Waals surface area (Å²) in [6, 6.07) is 10.4. The predicted octanol–water partition coefficient (Wildman–Crippen LogP) is 3.02. The van der Waals surface area contributed by atoms with Gasteiger partial charge in [-0.15, -0.1) is 0 Å². The SMILES string of the molecule is COCCc1nsc(SCc2ccccc2)n1. The van der Waals surface area contributed by atoms with Gasteiger partial charge in [0.2, 0.25) is 0 Å². The van der Waals surface area contributed by atoms with E-state index in [4.69, 9.17) is 4.74 Å². The van der Waals surface area contributed by atoms with Crippen LogP contribution in [-0.2, 0) is 16.9 Å². The molecule has 0 aliphatic heterocycles. The molecular weight excluding hydrogens is 252 g/mol. The fourth-order valence-electron chi connectivity index (χ4n) is 1.31. The number of rotatable bonds is 6. The normalized spacial score (nSPS) is 10.6. The molecule has 2 rings (SSSR count). The topological polar surface area (TPSA) is 35.0 Å². The van der Waals surface area contributed by atoms with Crippen LogP contribution in [-0.4, -0.2) is 23.1 Å². The third kappa shape index (κ3) is 4.11. The summed E-state index contributed by atoms with van der Waals surface area (Å²) < 4.78 is 10.3. The summed E-state index contributed by atoms with van der Waals surface area (Å²) in [5.41, 5.74) is 1.31. The Morgan fingerprint density at radius 3 is 2.88 bits per heavy atom. The highest BCUT2D eigenvalue weighted by molar-refractivity contribution is 8.00. The zero-order chi connectivity index (χ0) is 11.9. The molecule has 0 fully saturated rings. The molecule has 0 aliphatic carbocycles. The van der Waals surface area contributed by atoms with Crippen molar-refractivity contribution >= 4 is 23.3 Å². The maximum absolute atomic E-state index is 5.00. The summed E-state index contributed by atoms with van der Waals surface area (Å²) in [7, 11) is 1.69. The second-order valence-corrected chi connectivity index (χ2v) is 5.47. The molecule has 0 N–H and O–H groups in total. The van der Waals surface area contributed by atoms with Crippen LogP contribution in [0.4, 0.5) is 0 Å². The first-order chi connectivity index (χ1) is 8.38. The van der Waals surface area contributed by atoms with Gasteiger partial charge in [-0.2, -0.15) is 4.37 Å². The Morgan fingerprint density at radius 1 is 1.29 bits per heavy atom. The average Bonchev–Trinajstić information content (AvgIpc) is 2.83. The fraction of sp³-hybridized carbons (Fsp3) is 0.333. The van der Waals surface area contributed by atoms with E-state index in [-0.39, 0.29) is 0 Å². The number of aromatic nitrogens is 2. The van der Waals surface area contributed by atoms with Crippen LogP contribution in [0, 0.1) is 0 Å². The van der Waals surface area contributed by atoms with Gasteiger partial charge in [0.1, 0.15) is 5.82 Å². The van der Waals surface area contributed by atoms with Crippen molar-refractivity contribution in [2.75, 3.05) is 13.7 Å². The molecule has 0 amide bonds. The summed E-state index contributed by atoms with van der Waals surface area (Å²) in [5, 5.41) is 0. The number of nitrogens with zero attached hydrogens (tertiary/aromatic N) is 2. The molecule has 0 saturated heterocycles. The lowest BCUT2D eigenvalue weighted by atomic mass is 10.2. The number of hydrogen-bond donors (Lipinski definition) is 0. The van der Waals surface area contributed by atoms with Crippen molar-refractivity contribution in [2.45, 2.75) is 16.5 Å². The first kappa shape index (κ1) is 12.5. The van der Waals surface area contributed by atoms with Gasteiger partial charge in [0, 0.05) is 19.3 Å². The first-order valence-corrected chi connectivity index (χ1v) is 7.12. The average molecular weight is 266 g/mol. The Hall–Kier alpha value is -0.910. The summed E-state index contributed by atoms with van der Waals surface area (Å²) in [6.07, 6.45) is 0.791. The minimum Gasteiger partial charge on any atom is -0.384 e. The number of benzene rings is 1. The van der Waals surface area contributed by atoms with E-state index in [0.29, 0.717) is 6.61 Å². The minimum atomic E-state index is 0.680. The molecule has 0 saturated carbocycles. The Labute approximate surface area is 109 Å². The highest BCUT2D eigenvalue weighted by Gasteiger charge is 2.04.